The van der Waals surface area contributed by atoms with Gasteiger partial charge in [0.1, 0.15) is 5.69 Å². The SMILES string of the molecule is CNC1CCN(c2ccc(Nc3nc(N[C@H]4CC[C@@H](O)C4)c(-c4ccccc4)nc3C(N)=O)cc2)CC1. The Labute approximate surface area is 217 Å². The van der Waals surface area contributed by atoms with Gasteiger partial charge in [-0.25, -0.2) is 9.97 Å². The Morgan fingerprint density at radius 2 is 1.68 bits per heavy atom. The molecule has 0 bridgehead atoms. The molecule has 1 aromatic heterocycles. The van der Waals surface area contributed by atoms with Crippen molar-refractivity contribution in [2.24, 2.45) is 5.73 Å². The average Bonchev–Trinajstić information content (AvgIpc) is 3.34. The lowest BCUT2D eigenvalue weighted by Crippen LogP contribution is -2.41. The number of nitrogens with zero attached hydrogens (tertiary/aromatic N) is 3. The molecule has 1 saturated carbocycles. The predicted octanol–water partition coefficient (Wildman–Crippen LogP) is 3.50. The van der Waals surface area contributed by atoms with E-state index < -0.39 is 5.91 Å². The number of benzene rings is 2. The summed E-state index contributed by atoms with van der Waals surface area (Å²) in [6.07, 6.45) is 4.14. The lowest BCUT2D eigenvalue weighted by molar-refractivity contribution is 0.0996. The van der Waals surface area contributed by atoms with Crippen molar-refractivity contribution in [2.75, 3.05) is 35.7 Å². The molecule has 2 aliphatic rings. The molecule has 2 fully saturated rings. The monoisotopic (exact) mass is 501 g/mol. The van der Waals surface area contributed by atoms with Crippen LogP contribution >= 0.6 is 0 Å². The quantitative estimate of drug-likeness (QED) is 0.317. The third-order valence-corrected chi connectivity index (χ3v) is 7.32. The number of aliphatic hydroxyl groups is 1. The summed E-state index contributed by atoms with van der Waals surface area (Å²) in [6.45, 7) is 2.03. The third kappa shape index (κ3) is 5.84. The van der Waals surface area contributed by atoms with Crippen LogP contribution in [0.1, 0.15) is 42.6 Å². The van der Waals surface area contributed by atoms with E-state index in [4.69, 9.17) is 10.7 Å². The Balaban J connectivity index is 1.42. The van der Waals surface area contributed by atoms with Crippen molar-refractivity contribution in [3.63, 3.8) is 0 Å². The maximum Gasteiger partial charge on any atom is 0.271 e. The molecule has 2 heterocycles. The van der Waals surface area contributed by atoms with Crippen molar-refractivity contribution in [3.05, 3.63) is 60.3 Å². The molecule has 5 rings (SSSR count). The molecule has 6 N–H and O–H groups in total. The molecule has 9 heteroatoms. The summed E-state index contributed by atoms with van der Waals surface area (Å²) in [4.78, 5) is 24.3. The molecule has 37 heavy (non-hydrogen) atoms. The fraction of sp³-hybridized carbons (Fsp3) is 0.393. The number of piperidine rings is 1. The van der Waals surface area contributed by atoms with E-state index >= 15 is 0 Å². The van der Waals surface area contributed by atoms with Crippen molar-refractivity contribution in [2.45, 2.75) is 50.3 Å². The minimum Gasteiger partial charge on any atom is -0.393 e. The minimum atomic E-state index is -0.654. The van der Waals surface area contributed by atoms with E-state index in [1.807, 2.05) is 49.5 Å². The normalized spacial score (nSPS) is 20.1. The zero-order valence-corrected chi connectivity index (χ0v) is 21.2. The number of aromatic nitrogens is 2. The Morgan fingerprint density at radius 1 is 0.946 bits per heavy atom. The van der Waals surface area contributed by atoms with Crippen LogP contribution in [0.15, 0.2) is 54.6 Å². The van der Waals surface area contributed by atoms with Gasteiger partial charge < -0.3 is 31.7 Å². The zero-order valence-electron chi connectivity index (χ0n) is 21.2. The smallest absolute Gasteiger partial charge is 0.271 e. The van der Waals surface area contributed by atoms with Gasteiger partial charge in [-0.15, -0.1) is 0 Å². The summed E-state index contributed by atoms with van der Waals surface area (Å²) >= 11 is 0. The summed E-state index contributed by atoms with van der Waals surface area (Å²) in [6, 6.07) is 18.4. The molecule has 1 aliphatic heterocycles. The summed E-state index contributed by atoms with van der Waals surface area (Å²) in [5.41, 5.74) is 9.17. The van der Waals surface area contributed by atoms with Gasteiger partial charge in [0.2, 0.25) is 0 Å². The fourth-order valence-corrected chi connectivity index (χ4v) is 5.19. The maximum atomic E-state index is 12.4. The standard InChI is InChI=1S/C28H35N7O2/c1-30-19-13-15-35(16-14-19)22-10-7-20(8-11-22)31-28-25(26(29)37)33-24(18-5-3-2-4-6-18)27(34-28)32-21-9-12-23(36)17-21/h2-8,10-11,19,21,23,30,36H,9,12-17H2,1H3,(H2,29,37)(H2,31,32,34)/t21-,23+/m0/s1. The number of nitrogens with two attached hydrogens (primary N) is 1. The van der Waals surface area contributed by atoms with Gasteiger partial charge >= 0.3 is 0 Å². The van der Waals surface area contributed by atoms with Crippen LogP contribution in [-0.2, 0) is 0 Å². The molecule has 1 aliphatic carbocycles. The first-order valence-electron chi connectivity index (χ1n) is 13.0. The molecule has 0 radical (unpaired) electrons. The number of rotatable bonds is 8. The molecule has 1 saturated heterocycles. The second kappa shape index (κ2) is 11.1. The summed E-state index contributed by atoms with van der Waals surface area (Å²) in [7, 11) is 2.02. The van der Waals surface area contributed by atoms with Gasteiger partial charge in [-0.1, -0.05) is 30.3 Å². The van der Waals surface area contributed by atoms with Gasteiger partial charge in [0.15, 0.2) is 17.3 Å². The summed E-state index contributed by atoms with van der Waals surface area (Å²) < 4.78 is 0. The summed E-state index contributed by atoms with van der Waals surface area (Å²) in [5.74, 6) is 0.205. The number of anilines is 4. The van der Waals surface area contributed by atoms with Gasteiger partial charge in [0.25, 0.3) is 5.91 Å². The average molecular weight is 502 g/mol. The molecule has 1 amide bonds. The lowest BCUT2D eigenvalue weighted by atomic mass is 10.0. The highest BCUT2D eigenvalue weighted by Crippen LogP contribution is 2.32. The van der Waals surface area contributed by atoms with E-state index in [1.165, 1.54) is 5.69 Å². The number of nitrogens with one attached hydrogen (secondary N) is 3. The van der Waals surface area contributed by atoms with Crippen molar-refractivity contribution in [1.29, 1.82) is 0 Å². The molecule has 2 aromatic carbocycles. The van der Waals surface area contributed by atoms with E-state index in [-0.39, 0.29) is 17.8 Å². The first kappa shape index (κ1) is 25.0. The van der Waals surface area contributed by atoms with Crippen molar-refractivity contribution < 1.29 is 9.90 Å². The van der Waals surface area contributed by atoms with Crippen LogP contribution in [0.5, 0.6) is 0 Å². The molecular formula is C28H35N7O2. The van der Waals surface area contributed by atoms with Crippen molar-refractivity contribution in [1.82, 2.24) is 15.3 Å². The number of aliphatic hydroxyl groups excluding tert-OH is 1. The minimum absolute atomic E-state index is 0.0744. The Bertz CT molecular complexity index is 1210. The van der Waals surface area contributed by atoms with Gasteiger partial charge in [-0.3, -0.25) is 4.79 Å². The predicted molar refractivity (Wildman–Crippen MR) is 147 cm³/mol. The van der Waals surface area contributed by atoms with E-state index in [9.17, 15) is 9.90 Å². The van der Waals surface area contributed by atoms with Crippen LogP contribution in [0.25, 0.3) is 11.3 Å². The fourth-order valence-electron chi connectivity index (χ4n) is 5.19. The third-order valence-electron chi connectivity index (χ3n) is 7.32. The first-order valence-corrected chi connectivity index (χ1v) is 13.0. The molecule has 0 spiro atoms. The van der Waals surface area contributed by atoms with Gasteiger partial charge in [-0.2, -0.15) is 0 Å². The van der Waals surface area contributed by atoms with E-state index in [1.54, 1.807) is 0 Å². The molecule has 194 valence electrons. The number of primary amides is 1. The lowest BCUT2D eigenvalue weighted by Gasteiger charge is -2.33. The van der Waals surface area contributed by atoms with Crippen LogP contribution in [0.2, 0.25) is 0 Å². The Hall–Kier alpha value is -3.69. The van der Waals surface area contributed by atoms with Gasteiger partial charge in [0.05, 0.1) is 6.10 Å². The second-order valence-electron chi connectivity index (χ2n) is 9.88. The number of hydrogen-bond donors (Lipinski definition) is 5. The Morgan fingerprint density at radius 3 is 2.30 bits per heavy atom. The van der Waals surface area contributed by atoms with Crippen LogP contribution < -0.4 is 26.6 Å². The molecule has 9 nitrogen and oxygen atoms in total. The highest BCUT2D eigenvalue weighted by atomic mass is 16.3. The molecule has 0 unspecified atom stereocenters. The topological polar surface area (TPSA) is 128 Å². The van der Waals surface area contributed by atoms with E-state index in [2.05, 4.69) is 38.0 Å². The zero-order chi connectivity index (χ0) is 25.8. The van der Waals surface area contributed by atoms with Crippen LogP contribution in [0.4, 0.5) is 23.0 Å². The van der Waals surface area contributed by atoms with Crippen LogP contribution in [0, 0.1) is 0 Å². The van der Waals surface area contributed by atoms with Gasteiger partial charge in [-0.05, 0) is 63.4 Å². The van der Waals surface area contributed by atoms with Gasteiger partial charge in [0, 0.05) is 42.1 Å². The molecule has 3 aromatic rings. The number of carbonyl (C=O) groups excluding carboxylic acids is 1. The highest BCUT2D eigenvalue weighted by molar-refractivity contribution is 5.97. The first-order chi connectivity index (χ1) is 18.0. The van der Waals surface area contributed by atoms with Crippen molar-refractivity contribution >= 4 is 28.9 Å². The largest absolute Gasteiger partial charge is 0.393 e. The van der Waals surface area contributed by atoms with E-state index in [0.717, 1.165) is 50.0 Å². The highest BCUT2D eigenvalue weighted by Gasteiger charge is 2.26. The number of amides is 1. The second-order valence-corrected chi connectivity index (χ2v) is 9.88. The summed E-state index contributed by atoms with van der Waals surface area (Å²) in [5, 5.41) is 20.1. The van der Waals surface area contributed by atoms with Crippen LogP contribution in [0.3, 0.4) is 0 Å². The molecule has 2 atom stereocenters. The van der Waals surface area contributed by atoms with E-state index in [0.29, 0.717) is 29.8 Å². The number of carbonyl (C=O) groups is 1. The maximum absolute atomic E-state index is 12.4. The van der Waals surface area contributed by atoms with Crippen LogP contribution in [-0.4, -0.2) is 59.3 Å². The Kier molecular flexibility index (Phi) is 7.52. The molecular weight excluding hydrogens is 466 g/mol. The number of hydrogen-bond acceptors (Lipinski definition) is 8. The van der Waals surface area contributed by atoms with Crippen molar-refractivity contribution in [3.8, 4) is 11.3 Å².